The van der Waals surface area contributed by atoms with Crippen molar-refractivity contribution in [3.05, 3.63) is 109 Å². The monoisotopic (exact) mass is 669 g/mol. The number of methoxy groups -OCH3 is 1. The molecule has 0 unspecified atom stereocenters. The molecule has 7 rings (SSSR count). The highest BCUT2D eigenvalue weighted by Crippen LogP contribution is 2.38. The second-order valence-electron chi connectivity index (χ2n) is 13.4. The first kappa shape index (κ1) is 33.3. The number of nitrogens with one attached hydrogen (secondary N) is 2. The number of nitrogens with zero attached hydrogens (tertiary/aromatic N) is 5. The van der Waals surface area contributed by atoms with E-state index in [2.05, 4.69) is 56.3 Å². The van der Waals surface area contributed by atoms with Crippen molar-refractivity contribution in [2.75, 3.05) is 45.2 Å². The van der Waals surface area contributed by atoms with Crippen LogP contribution < -0.4 is 5.32 Å². The van der Waals surface area contributed by atoms with Crippen molar-refractivity contribution in [2.45, 2.75) is 38.2 Å². The van der Waals surface area contributed by atoms with Crippen LogP contribution in [0, 0.1) is 5.92 Å². The van der Waals surface area contributed by atoms with Crippen molar-refractivity contribution in [1.82, 2.24) is 30.0 Å². The minimum Gasteiger partial charge on any atom is -0.367 e. The number of carbonyl (C=O) groups excluding carboxylic acids is 2. The molecule has 256 valence electrons. The highest BCUT2D eigenvalue weighted by Gasteiger charge is 2.45. The summed E-state index contributed by atoms with van der Waals surface area (Å²) in [6.07, 6.45) is 15.4. The molecule has 3 aliphatic rings. The lowest BCUT2D eigenvalue weighted by atomic mass is 9.98. The van der Waals surface area contributed by atoms with Gasteiger partial charge in [0.1, 0.15) is 0 Å². The molecule has 2 aromatic heterocycles. The molecule has 0 bridgehead atoms. The van der Waals surface area contributed by atoms with Gasteiger partial charge in [0.15, 0.2) is 11.4 Å². The van der Waals surface area contributed by atoms with Gasteiger partial charge < -0.3 is 15.0 Å². The Morgan fingerprint density at radius 2 is 1.88 bits per heavy atom. The summed E-state index contributed by atoms with van der Waals surface area (Å²) in [6.45, 7) is 8.63. The normalized spacial score (nSPS) is 20.0. The van der Waals surface area contributed by atoms with Gasteiger partial charge in [0.05, 0.1) is 17.8 Å². The lowest BCUT2D eigenvalue weighted by Gasteiger charge is -2.30. The quantitative estimate of drug-likeness (QED) is 0.180. The Balaban J connectivity index is 0.967. The fraction of sp³-hybridized carbons (Fsp3) is 0.325. The summed E-state index contributed by atoms with van der Waals surface area (Å²) in [5.41, 5.74) is 6.75. The Morgan fingerprint density at radius 3 is 2.58 bits per heavy atom. The molecular formula is C40H43N7O3. The smallest absolute Gasteiger partial charge is 0.258 e. The van der Waals surface area contributed by atoms with Crippen molar-refractivity contribution in [1.29, 1.82) is 0 Å². The Morgan fingerprint density at radius 1 is 1.10 bits per heavy atom. The third-order valence-electron chi connectivity index (χ3n) is 10.00. The summed E-state index contributed by atoms with van der Waals surface area (Å²) in [7, 11) is 1.57. The van der Waals surface area contributed by atoms with Crippen LogP contribution in [0.2, 0.25) is 0 Å². The van der Waals surface area contributed by atoms with E-state index in [0.717, 1.165) is 45.3 Å². The summed E-state index contributed by atoms with van der Waals surface area (Å²) in [5.74, 6) is 1.09. The predicted molar refractivity (Wildman–Crippen MR) is 197 cm³/mol. The number of likely N-dealkylation sites (tertiary alicyclic amines) is 1. The van der Waals surface area contributed by atoms with Gasteiger partial charge in [-0.3, -0.25) is 19.6 Å². The van der Waals surface area contributed by atoms with Crippen LogP contribution in [0.25, 0.3) is 33.4 Å². The van der Waals surface area contributed by atoms with E-state index in [1.165, 1.54) is 18.4 Å². The molecule has 2 N–H and O–H groups in total. The van der Waals surface area contributed by atoms with Crippen LogP contribution in [0.15, 0.2) is 97.4 Å². The largest absolute Gasteiger partial charge is 0.367 e. The molecular weight excluding hydrogens is 626 g/mol. The number of rotatable bonds is 11. The first-order valence-corrected chi connectivity index (χ1v) is 17.3. The van der Waals surface area contributed by atoms with Gasteiger partial charge in [-0.05, 0) is 80.0 Å². The molecule has 2 fully saturated rings. The average molecular weight is 670 g/mol. The molecule has 4 aromatic rings. The van der Waals surface area contributed by atoms with Gasteiger partial charge >= 0.3 is 0 Å². The molecule has 10 heteroatoms. The number of H-pyrrole nitrogens is 1. The molecule has 2 amide bonds. The second kappa shape index (κ2) is 14.3. The summed E-state index contributed by atoms with van der Waals surface area (Å²) in [5, 5.41) is 11.7. The first-order chi connectivity index (χ1) is 24.4. The fourth-order valence-corrected chi connectivity index (χ4v) is 6.87. The van der Waals surface area contributed by atoms with E-state index < -0.39 is 5.60 Å². The number of fused-ring (bicyclic) bond motifs is 1. The van der Waals surface area contributed by atoms with E-state index >= 15 is 0 Å². The first-order valence-electron chi connectivity index (χ1n) is 17.3. The Kier molecular flexibility index (Phi) is 9.56. The summed E-state index contributed by atoms with van der Waals surface area (Å²) in [4.78, 5) is 39.7. The van der Waals surface area contributed by atoms with Crippen LogP contribution in [-0.4, -0.2) is 87.2 Å². The Labute approximate surface area is 292 Å². The number of ether oxygens (including phenoxy) is 1. The standard InChI is InChI=1S/C40H43N7O3/c1-4-6-32(23-27(2)28-7-8-28)37-34-24-33(13-14-35(34)44-45-37)43-39(49)40(50-3)17-22-46(26-40)25-36(48)47-20-15-30(16-21-47)29-9-11-31(12-10-29)38-41-18-5-19-42-38/h4-6,9-15,18-19,23-24,28H,2,7-8,16-17,20-22,25-26H2,1,3H3,(H,43,49)(H,44,45)/b6-4-,32-23+/t40-/m0/s1. The highest BCUT2D eigenvalue weighted by molar-refractivity contribution is 6.01. The number of aromatic amines is 1. The summed E-state index contributed by atoms with van der Waals surface area (Å²) in [6, 6.07) is 15.8. The van der Waals surface area contributed by atoms with Gasteiger partial charge in [-0.25, -0.2) is 9.97 Å². The summed E-state index contributed by atoms with van der Waals surface area (Å²) < 4.78 is 5.89. The number of benzene rings is 2. The maximum atomic E-state index is 13.8. The number of anilines is 1. The van der Waals surface area contributed by atoms with Crippen molar-refractivity contribution in [3.63, 3.8) is 0 Å². The molecule has 0 radical (unpaired) electrons. The maximum absolute atomic E-state index is 13.8. The van der Waals surface area contributed by atoms with E-state index in [4.69, 9.17) is 4.74 Å². The molecule has 1 atom stereocenters. The van der Waals surface area contributed by atoms with Crippen molar-refractivity contribution < 1.29 is 14.3 Å². The lowest BCUT2D eigenvalue weighted by molar-refractivity contribution is -0.138. The molecule has 2 aliphatic heterocycles. The number of hydrogen-bond acceptors (Lipinski definition) is 7. The zero-order valence-corrected chi connectivity index (χ0v) is 28.7. The van der Waals surface area contributed by atoms with Crippen LogP contribution >= 0.6 is 0 Å². The van der Waals surface area contributed by atoms with Crippen LogP contribution in [0.1, 0.15) is 43.9 Å². The Bertz CT molecular complexity index is 1990. The highest BCUT2D eigenvalue weighted by atomic mass is 16.5. The van der Waals surface area contributed by atoms with E-state index in [1.807, 2.05) is 59.2 Å². The lowest BCUT2D eigenvalue weighted by Crippen LogP contribution is -2.48. The molecule has 1 saturated heterocycles. The van der Waals surface area contributed by atoms with Crippen molar-refractivity contribution in [2.24, 2.45) is 5.92 Å². The number of carbonyl (C=O) groups is 2. The molecule has 1 aliphatic carbocycles. The molecule has 4 heterocycles. The minimum absolute atomic E-state index is 0.0523. The maximum Gasteiger partial charge on any atom is 0.258 e. The van der Waals surface area contributed by atoms with Crippen molar-refractivity contribution in [3.8, 4) is 11.4 Å². The number of amides is 2. The van der Waals surface area contributed by atoms with Gasteiger partial charge in [-0.2, -0.15) is 5.10 Å². The fourth-order valence-electron chi connectivity index (χ4n) is 6.87. The summed E-state index contributed by atoms with van der Waals surface area (Å²) >= 11 is 0. The van der Waals surface area contributed by atoms with Gasteiger partial charge in [-0.15, -0.1) is 0 Å². The SMILES string of the molecule is C=C(/C=C(\C=C/C)c1n[nH]c2ccc(NC(=O)[C@]3(OC)CCN(CC(=O)N4CC=C(c5ccc(-c6ncccn6)cc5)CC4)C3)cc12)C1CC1. The average Bonchev–Trinajstić information content (AvgIpc) is 3.80. The Hall–Kier alpha value is -5.19. The predicted octanol–water partition coefficient (Wildman–Crippen LogP) is 6.29. The zero-order chi connectivity index (χ0) is 34.7. The molecule has 0 spiro atoms. The van der Waals surface area contributed by atoms with Gasteiger partial charge in [0, 0.05) is 67.9 Å². The molecule has 50 heavy (non-hydrogen) atoms. The van der Waals surface area contributed by atoms with Gasteiger partial charge in [0.25, 0.3) is 5.91 Å². The van der Waals surface area contributed by atoms with E-state index in [9.17, 15) is 9.59 Å². The van der Waals surface area contributed by atoms with E-state index in [-0.39, 0.29) is 18.4 Å². The van der Waals surface area contributed by atoms with Crippen LogP contribution in [0.3, 0.4) is 0 Å². The minimum atomic E-state index is -1.06. The molecule has 1 saturated carbocycles. The van der Waals surface area contributed by atoms with E-state index in [1.54, 1.807) is 25.6 Å². The third-order valence-corrected chi connectivity index (χ3v) is 10.00. The zero-order valence-electron chi connectivity index (χ0n) is 28.7. The van der Waals surface area contributed by atoms with E-state index in [0.29, 0.717) is 50.0 Å². The number of hydrogen-bond donors (Lipinski definition) is 2. The third kappa shape index (κ3) is 7.08. The van der Waals surface area contributed by atoms with Gasteiger partial charge in [0.2, 0.25) is 5.91 Å². The van der Waals surface area contributed by atoms with Crippen LogP contribution in [-0.2, 0) is 14.3 Å². The number of allylic oxidation sites excluding steroid dienone is 5. The van der Waals surface area contributed by atoms with Gasteiger partial charge in [-0.1, -0.05) is 54.6 Å². The van der Waals surface area contributed by atoms with Crippen molar-refractivity contribution >= 4 is 39.6 Å². The number of aromatic nitrogens is 4. The molecule has 2 aromatic carbocycles. The van der Waals surface area contributed by atoms with Crippen LogP contribution in [0.4, 0.5) is 5.69 Å². The van der Waals surface area contributed by atoms with Crippen LogP contribution in [0.5, 0.6) is 0 Å². The topological polar surface area (TPSA) is 116 Å². The molecule has 10 nitrogen and oxygen atoms in total. The second-order valence-corrected chi connectivity index (χ2v) is 13.4.